The molecule has 0 aromatic heterocycles. The molecule has 19 heteroatoms. The average molecular weight is 598 g/mol. The highest BCUT2D eigenvalue weighted by atomic mass is 19.4. The van der Waals surface area contributed by atoms with Gasteiger partial charge in [-0.1, -0.05) is 18.2 Å². The highest BCUT2D eigenvalue weighted by molar-refractivity contribution is 5.35. The first-order valence-electron chi connectivity index (χ1n) is 9.69. The number of aliphatic hydroxyl groups excluding tert-OH is 1. The zero-order valence-electron chi connectivity index (χ0n) is 18.5. The molecule has 0 aliphatic rings. The third-order valence-corrected chi connectivity index (χ3v) is 4.88. The van der Waals surface area contributed by atoms with E-state index in [1.807, 2.05) is 0 Å². The van der Waals surface area contributed by atoms with Gasteiger partial charge < -0.3 is 9.84 Å². The molecule has 1 aromatic rings. The molecule has 0 aliphatic carbocycles. The maximum atomic E-state index is 14.1. The van der Waals surface area contributed by atoms with Gasteiger partial charge in [-0.15, -0.1) is 0 Å². The van der Waals surface area contributed by atoms with Crippen LogP contribution in [0, 0.1) is 0 Å². The fraction of sp³-hybridized carbons (Fsp3) is 0.684. The van der Waals surface area contributed by atoms with Gasteiger partial charge in [0.15, 0.2) is 0 Å². The van der Waals surface area contributed by atoms with Gasteiger partial charge in [0.2, 0.25) is 0 Å². The molecule has 0 saturated heterocycles. The molecule has 0 heterocycles. The van der Waals surface area contributed by atoms with E-state index in [0.717, 1.165) is 18.2 Å². The maximum Gasteiger partial charge on any atom is 0.460 e. The molecule has 222 valence electrons. The predicted octanol–water partition coefficient (Wildman–Crippen LogP) is 7.91. The molecule has 38 heavy (non-hydrogen) atoms. The lowest BCUT2D eigenvalue weighted by Crippen LogP contribution is -2.74. The van der Waals surface area contributed by atoms with Crippen molar-refractivity contribution < 1.29 is 84.5 Å². The highest BCUT2D eigenvalue weighted by Gasteiger charge is 2.95. The third-order valence-electron chi connectivity index (χ3n) is 4.88. The summed E-state index contributed by atoms with van der Waals surface area (Å²) in [5, 5.41) is 9.85. The smallest absolute Gasteiger partial charge is 0.460 e. The zero-order chi connectivity index (χ0) is 30.6. The Morgan fingerprint density at radius 3 is 1.37 bits per heavy atom. The summed E-state index contributed by atoms with van der Waals surface area (Å²) in [6, 6.07) is 3.71. The Morgan fingerprint density at radius 1 is 0.605 bits per heavy atom. The summed E-state index contributed by atoms with van der Waals surface area (Å²) in [6.07, 6.45) is -14.6. The first-order chi connectivity index (χ1) is 16.5. The number of rotatable bonds is 11. The van der Waals surface area contributed by atoms with Crippen molar-refractivity contribution in [2.24, 2.45) is 0 Å². The lowest BCUT2D eigenvalue weighted by atomic mass is 9.87. The largest absolute Gasteiger partial charge is 0.491 e. The second-order valence-corrected chi connectivity index (χ2v) is 8.07. The molecule has 1 rings (SSSR count). The molecule has 1 N–H and O–H groups in total. The van der Waals surface area contributed by atoms with E-state index in [9.17, 15) is 79.7 Å². The Hall–Kier alpha value is -2.21. The first-order valence-corrected chi connectivity index (χ1v) is 9.69. The Morgan fingerprint density at radius 2 is 0.974 bits per heavy atom. The minimum Gasteiger partial charge on any atom is -0.491 e. The van der Waals surface area contributed by atoms with Crippen molar-refractivity contribution in [2.45, 2.75) is 80.1 Å². The number of alkyl halides is 17. The van der Waals surface area contributed by atoms with Crippen molar-refractivity contribution in [3.8, 4) is 5.75 Å². The predicted molar refractivity (Wildman–Crippen MR) is 92.5 cm³/mol. The van der Waals surface area contributed by atoms with Gasteiger partial charge in [0.25, 0.3) is 0 Å². The lowest BCUT2D eigenvalue weighted by Gasteiger charge is -2.43. The number of ether oxygens (including phenoxy) is 1. The summed E-state index contributed by atoms with van der Waals surface area (Å²) in [5.41, 5.74) is -0.853. The Balaban J connectivity index is 3.55. The summed E-state index contributed by atoms with van der Waals surface area (Å²) in [7, 11) is 0. The van der Waals surface area contributed by atoms with E-state index >= 15 is 0 Å². The number of benzene rings is 1. The van der Waals surface area contributed by atoms with Gasteiger partial charge >= 0.3 is 47.6 Å². The van der Waals surface area contributed by atoms with Crippen LogP contribution in [0.4, 0.5) is 74.6 Å². The SMILES string of the molecule is CC(C)Oc1ccccc1C(O)CC(F)(F)C(F)(F)C(F)(F)C(F)(F)C(F)(F)C(F)(F)C(F)(F)C(F)(F)F. The number of halogens is 17. The molecule has 1 atom stereocenters. The second kappa shape index (κ2) is 9.76. The van der Waals surface area contributed by atoms with Crippen molar-refractivity contribution in [1.29, 1.82) is 0 Å². The standard InChI is InChI=1S/C19H15F17O2/c1-8(2)38-11-6-4-3-5-9(11)10(37)7-12(20,21)13(22,23)14(24,25)15(26,27)16(28,29)17(30,31)18(32,33)19(34,35)36/h3-6,8,10,37H,7H2,1-2H3. The van der Waals surface area contributed by atoms with Crippen LogP contribution in [-0.4, -0.2) is 58.8 Å². The van der Waals surface area contributed by atoms with Crippen LogP contribution in [-0.2, 0) is 0 Å². The molecule has 0 radical (unpaired) electrons. The van der Waals surface area contributed by atoms with Gasteiger partial charge in [-0.3, -0.25) is 0 Å². The maximum absolute atomic E-state index is 14.1. The van der Waals surface area contributed by atoms with Crippen molar-refractivity contribution >= 4 is 0 Å². The monoisotopic (exact) mass is 598 g/mol. The molecule has 1 unspecified atom stereocenters. The summed E-state index contributed by atoms with van der Waals surface area (Å²) < 4.78 is 232. The molecule has 0 spiro atoms. The molecule has 0 saturated carbocycles. The fourth-order valence-electron chi connectivity index (χ4n) is 2.79. The Bertz CT molecular complexity index is 968. The van der Waals surface area contributed by atoms with Gasteiger partial charge in [-0.2, -0.15) is 74.6 Å². The summed E-state index contributed by atoms with van der Waals surface area (Å²) in [4.78, 5) is 0. The van der Waals surface area contributed by atoms with Crippen molar-refractivity contribution in [2.75, 3.05) is 0 Å². The Kier molecular flexibility index (Phi) is 8.69. The van der Waals surface area contributed by atoms with Crippen molar-refractivity contribution in [3.63, 3.8) is 0 Å². The molecule has 1 aromatic carbocycles. The van der Waals surface area contributed by atoms with E-state index in [-0.39, 0.29) is 0 Å². The van der Waals surface area contributed by atoms with Gasteiger partial charge in [0, 0.05) is 12.0 Å². The second-order valence-electron chi connectivity index (χ2n) is 8.07. The topological polar surface area (TPSA) is 29.5 Å². The van der Waals surface area contributed by atoms with Crippen LogP contribution in [0.5, 0.6) is 5.75 Å². The average Bonchev–Trinajstić information content (AvgIpc) is 2.71. The van der Waals surface area contributed by atoms with Crippen LogP contribution in [0.1, 0.15) is 31.9 Å². The Labute approximate surface area is 201 Å². The molecule has 0 fully saturated rings. The third kappa shape index (κ3) is 5.05. The van der Waals surface area contributed by atoms with E-state index in [1.165, 1.54) is 13.8 Å². The summed E-state index contributed by atoms with van der Waals surface area (Å²) in [6.45, 7) is 2.65. The van der Waals surface area contributed by atoms with Gasteiger partial charge in [-0.25, -0.2) is 0 Å². The fourth-order valence-corrected chi connectivity index (χ4v) is 2.79. The van der Waals surface area contributed by atoms with Crippen molar-refractivity contribution in [1.82, 2.24) is 0 Å². The number of aliphatic hydroxyl groups is 1. The van der Waals surface area contributed by atoms with Crippen molar-refractivity contribution in [3.05, 3.63) is 29.8 Å². The highest BCUT2D eigenvalue weighted by Crippen LogP contribution is 2.64. The summed E-state index contributed by atoms with van der Waals surface area (Å²) in [5.74, 6) is -57.6. The lowest BCUT2D eigenvalue weighted by molar-refractivity contribution is -0.462. The number of hydrogen-bond acceptors (Lipinski definition) is 2. The van der Waals surface area contributed by atoms with Gasteiger partial charge in [-0.05, 0) is 19.9 Å². The quantitative estimate of drug-likeness (QED) is 0.263. The van der Waals surface area contributed by atoms with E-state index in [0.29, 0.717) is 6.07 Å². The molecular formula is C19H15F17O2. The zero-order valence-corrected chi connectivity index (χ0v) is 18.5. The van der Waals surface area contributed by atoms with Crippen LogP contribution in [0.2, 0.25) is 0 Å². The molecule has 2 nitrogen and oxygen atoms in total. The number of hydrogen-bond donors (Lipinski definition) is 1. The minimum absolute atomic E-state index is 0.535. The molecular weight excluding hydrogens is 583 g/mol. The normalized spacial score (nSPS) is 16.1. The van der Waals surface area contributed by atoms with E-state index in [2.05, 4.69) is 0 Å². The number of para-hydroxylation sites is 1. The van der Waals surface area contributed by atoms with Crippen LogP contribution in [0.3, 0.4) is 0 Å². The molecule has 0 amide bonds. The molecule has 0 aliphatic heterocycles. The van der Waals surface area contributed by atoms with Gasteiger partial charge in [0.05, 0.1) is 12.2 Å². The van der Waals surface area contributed by atoms with Gasteiger partial charge in [0.1, 0.15) is 5.75 Å². The summed E-state index contributed by atoms with van der Waals surface area (Å²) >= 11 is 0. The first kappa shape index (κ1) is 33.8. The van der Waals surface area contributed by atoms with Crippen LogP contribution in [0.15, 0.2) is 24.3 Å². The van der Waals surface area contributed by atoms with Crippen LogP contribution >= 0.6 is 0 Å². The van der Waals surface area contributed by atoms with E-state index in [1.54, 1.807) is 0 Å². The van der Waals surface area contributed by atoms with E-state index < -0.39 is 77.6 Å². The minimum atomic E-state index is -8.70. The molecule has 0 bridgehead atoms. The van der Waals surface area contributed by atoms with Crippen LogP contribution in [0.25, 0.3) is 0 Å². The van der Waals surface area contributed by atoms with E-state index in [4.69, 9.17) is 4.74 Å². The van der Waals surface area contributed by atoms with Crippen LogP contribution < -0.4 is 4.74 Å².